The average molecular weight is 222 g/mol. The molecule has 1 aromatic carbocycles. The van der Waals surface area contributed by atoms with E-state index in [2.05, 4.69) is 0 Å². The Labute approximate surface area is 92.8 Å². The van der Waals surface area contributed by atoms with Crippen LogP contribution in [0.1, 0.15) is 12.0 Å². The molecule has 0 spiro atoms. The Kier molecular flexibility index (Phi) is 4.47. The first kappa shape index (κ1) is 12.2. The molecule has 0 heterocycles. The van der Waals surface area contributed by atoms with Crippen LogP contribution < -0.4 is 10.8 Å². The number of nitrogens with two attached hydrogens (primary N) is 1. The number of hydrogen-bond donors (Lipinski definition) is 1. The van der Waals surface area contributed by atoms with Crippen molar-refractivity contribution in [3.63, 3.8) is 0 Å². The summed E-state index contributed by atoms with van der Waals surface area (Å²) in [5, 5.41) is 10.2. The molecule has 1 rings (SSSR count). The van der Waals surface area contributed by atoms with E-state index in [1.54, 1.807) is 12.1 Å². The molecular formula is C11H12NO4-. The van der Waals surface area contributed by atoms with Crippen LogP contribution in [0.3, 0.4) is 0 Å². The van der Waals surface area contributed by atoms with E-state index in [0.29, 0.717) is 0 Å². The molecule has 0 fully saturated rings. The van der Waals surface area contributed by atoms with Crippen molar-refractivity contribution in [2.45, 2.75) is 19.1 Å². The number of carbonyl (C=O) groups is 2. The van der Waals surface area contributed by atoms with E-state index in [1.807, 2.05) is 18.2 Å². The zero-order valence-corrected chi connectivity index (χ0v) is 8.59. The second-order valence-electron chi connectivity index (χ2n) is 3.28. The Hall–Kier alpha value is -1.88. The summed E-state index contributed by atoms with van der Waals surface area (Å²) in [5.74, 6) is -2.11. The van der Waals surface area contributed by atoms with Gasteiger partial charge in [-0.1, -0.05) is 30.3 Å². The summed E-state index contributed by atoms with van der Waals surface area (Å²) in [5.41, 5.74) is 6.10. The third-order valence-electron chi connectivity index (χ3n) is 1.91. The molecule has 16 heavy (non-hydrogen) atoms. The van der Waals surface area contributed by atoms with Gasteiger partial charge in [0.15, 0.2) is 0 Å². The molecule has 0 saturated heterocycles. The van der Waals surface area contributed by atoms with E-state index in [9.17, 15) is 14.7 Å². The van der Waals surface area contributed by atoms with Gasteiger partial charge in [0.25, 0.3) is 0 Å². The van der Waals surface area contributed by atoms with Gasteiger partial charge in [-0.05, 0) is 5.56 Å². The van der Waals surface area contributed by atoms with Gasteiger partial charge in [-0.2, -0.15) is 0 Å². The fourth-order valence-corrected chi connectivity index (χ4v) is 1.10. The maximum absolute atomic E-state index is 11.2. The monoisotopic (exact) mass is 222 g/mol. The zero-order valence-electron chi connectivity index (χ0n) is 8.59. The van der Waals surface area contributed by atoms with E-state index < -0.39 is 24.4 Å². The normalized spacial score (nSPS) is 11.8. The van der Waals surface area contributed by atoms with Crippen LogP contribution in [0.15, 0.2) is 30.3 Å². The van der Waals surface area contributed by atoms with Gasteiger partial charge in [-0.15, -0.1) is 0 Å². The zero-order chi connectivity index (χ0) is 12.0. The van der Waals surface area contributed by atoms with Gasteiger partial charge < -0.3 is 20.4 Å². The first-order valence-electron chi connectivity index (χ1n) is 4.75. The predicted molar refractivity (Wildman–Crippen MR) is 53.8 cm³/mol. The van der Waals surface area contributed by atoms with Gasteiger partial charge in [0.1, 0.15) is 12.6 Å². The first-order valence-corrected chi connectivity index (χ1v) is 4.75. The van der Waals surface area contributed by atoms with Gasteiger partial charge in [-0.3, -0.25) is 4.79 Å². The summed E-state index contributed by atoms with van der Waals surface area (Å²) in [4.78, 5) is 21.4. The molecule has 0 bridgehead atoms. The van der Waals surface area contributed by atoms with Crippen LogP contribution in [0.2, 0.25) is 0 Å². The molecule has 0 aromatic heterocycles. The Morgan fingerprint density at radius 3 is 2.50 bits per heavy atom. The fourth-order valence-electron chi connectivity index (χ4n) is 1.10. The molecule has 5 heteroatoms. The summed E-state index contributed by atoms with van der Waals surface area (Å²) in [7, 11) is 0. The summed E-state index contributed by atoms with van der Waals surface area (Å²) in [6.07, 6.45) is -0.534. The van der Waals surface area contributed by atoms with Crippen molar-refractivity contribution in [3.8, 4) is 0 Å². The van der Waals surface area contributed by atoms with E-state index in [1.165, 1.54) is 0 Å². The highest BCUT2D eigenvalue weighted by Gasteiger charge is 2.14. The molecule has 5 nitrogen and oxygen atoms in total. The number of benzene rings is 1. The molecule has 2 N–H and O–H groups in total. The molecule has 0 radical (unpaired) electrons. The summed E-state index contributed by atoms with van der Waals surface area (Å²) in [6.45, 7) is 0.0838. The Morgan fingerprint density at radius 1 is 1.31 bits per heavy atom. The Balaban J connectivity index is 2.38. The van der Waals surface area contributed by atoms with Gasteiger partial charge in [-0.25, -0.2) is 0 Å². The van der Waals surface area contributed by atoms with Crippen molar-refractivity contribution >= 4 is 11.9 Å². The molecule has 0 unspecified atom stereocenters. The van der Waals surface area contributed by atoms with E-state index in [0.717, 1.165) is 5.56 Å². The highest BCUT2D eigenvalue weighted by atomic mass is 16.5. The molecule has 1 atom stereocenters. The fraction of sp³-hybridized carbons (Fsp3) is 0.273. The minimum Gasteiger partial charge on any atom is -0.550 e. The lowest BCUT2D eigenvalue weighted by Gasteiger charge is -2.11. The van der Waals surface area contributed by atoms with Crippen molar-refractivity contribution in [1.29, 1.82) is 0 Å². The van der Waals surface area contributed by atoms with Crippen molar-refractivity contribution < 1.29 is 19.4 Å². The molecule has 0 saturated carbocycles. The van der Waals surface area contributed by atoms with Crippen molar-refractivity contribution in [3.05, 3.63) is 35.9 Å². The molecular weight excluding hydrogens is 210 g/mol. The van der Waals surface area contributed by atoms with Gasteiger partial charge in [0.05, 0.1) is 0 Å². The number of carbonyl (C=O) groups excluding carboxylic acids is 2. The maximum atomic E-state index is 11.2. The molecule has 86 valence electrons. The third-order valence-corrected chi connectivity index (χ3v) is 1.91. The average Bonchev–Trinajstić information content (AvgIpc) is 2.26. The molecule has 1 aromatic rings. The number of rotatable bonds is 5. The Bertz CT molecular complexity index is 364. The minimum absolute atomic E-state index is 0.0838. The molecule has 0 aliphatic heterocycles. The quantitative estimate of drug-likeness (QED) is 0.658. The van der Waals surface area contributed by atoms with Crippen LogP contribution in [0, 0.1) is 0 Å². The molecule has 0 aliphatic rings. The number of carboxylic acid groups (broad SMARTS) is 1. The SMILES string of the molecule is N[C@H](CC(=O)[O-])C(=O)OCc1ccccc1. The number of carboxylic acids is 1. The lowest BCUT2D eigenvalue weighted by molar-refractivity contribution is -0.306. The van der Waals surface area contributed by atoms with Gasteiger partial charge >= 0.3 is 5.97 Å². The molecule has 0 aliphatic carbocycles. The minimum atomic E-state index is -1.37. The van der Waals surface area contributed by atoms with Crippen LogP contribution in [0.5, 0.6) is 0 Å². The summed E-state index contributed by atoms with van der Waals surface area (Å²) < 4.78 is 4.84. The topological polar surface area (TPSA) is 92.5 Å². The summed E-state index contributed by atoms with van der Waals surface area (Å²) >= 11 is 0. The maximum Gasteiger partial charge on any atom is 0.323 e. The van der Waals surface area contributed by atoms with E-state index >= 15 is 0 Å². The van der Waals surface area contributed by atoms with E-state index in [4.69, 9.17) is 10.5 Å². The highest BCUT2D eigenvalue weighted by Crippen LogP contribution is 2.02. The Morgan fingerprint density at radius 2 is 1.94 bits per heavy atom. The highest BCUT2D eigenvalue weighted by molar-refractivity contribution is 5.81. The van der Waals surface area contributed by atoms with Gasteiger partial charge in [0.2, 0.25) is 0 Å². The second-order valence-corrected chi connectivity index (χ2v) is 3.28. The standard InChI is InChI=1S/C11H13NO4/c12-9(6-10(13)14)11(15)16-7-8-4-2-1-3-5-8/h1-5,9H,6-7,12H2,(H,13,14)/p-1/t9-/m1/s1. The number of ether oxygens (including phenoxy) is 1. The van der Waals surface area contributed by atoms with Crippen LogP contribution in [0.4, 0.5) is 0 Å². The van der Waals surface area contributed by atoms with Crippen LogP contribution in [0.25, 0.3) is 0 Å². The number of aliphatic carboxylic acids is 1. The third kappa shape index (κ3) is 4.10. The van der Waals surface area contributed by atoms with Crippen LogP contribution in [-0.2, 0) is 20.9 Å². The second kappa shape index (κ2) is 5.87. The van der Waals surface area contributed by atoms with E-state index in [-0.39, 0.29) is 6.61 Å². The summed E-state index contributed by atoms with van der Waals surface area (Å²) in [6, 6.07) is 7.87. The lowest BCUT2D eigenvalue weighted by atomic mass is 10.2. The van der Waals surface area contributed by atoms with Crippen molar-refractivity contribution in [2.24, 2.45) is 5.73 Å². The van der Waals surface area contributed by atoms with Crippen LogP contribution in [-0.4, -0.2) is 18.0 Å². The van der Waals surface area contributed by atoms with Gasteiger partial charge in [0, 0.05) is 12.4 Å². The predicted octanol–water partition coefficient (Wildman–Crippen LogP) is -0.803. The van der Waals surface area contributed by atoms with Crippen molar-refractivity contribution in [1.82, 2.24) is 0 Å². The number of esters is 1. The smallest absolute Gasteiger partial charge is 0.323 e. The van der Waals surface area contributed by atoms with Crippen LogP contribution >= 0.6 is 0 Å². The number of hydrogen-bond acceptors (Lipinski definition) is 5. The lowest BCUT2D eigenvalue weighted by Crippen LogP contribution is -2.38. The molecule has 0 amide bonds. The van der Waals surface area contributed by atoms with Crippen molar-refractivity contribution in [2.75, 3.05) is 0 Å². The largest absolute Gasteiger partial charge is 0.550 e. The first-order chi connectivity index (χ1) is 7.59.